The van der Waals surface area contributed by atoms with Crippen molar-refractivity contribution in [2.75, 3.05) is 32.2 Å². The monoisotopic (exact) mass is 209 g/mol. The van der Waals surface area contributed by atoms with Crippen molar-refractivity contribution in [1.29, 1.82) is 0 Å². The first-order valence-electron chi connectivity index (χ1n) is 4.92. The number of fused-ring (bicyclic) bond motifs is 1. The van der Waals surface area contributed by atoms with Crippen LogP contribution in [0, 0.1) is 0 Å². The van der Waals surface area contributed by atoms with Crippen LogP contribution in [0.5, 0.6) is 11.5 Å². The van der Waals surface area contributed by atoms with Crippen molar-refractivity contribution in [1.82, 2.24) is 0 Å². The summed E-state index contributed by atoms with van der Waals surface area (Å²) in [5.74, 6) is 1.56. The molecule has 82 valence electrons. The maximum absolute atomic E-state index is 9.08. The fourth-order valence-electron chi connectivity index (χ4n) is 1.85. The average molecular weight is 209 g/mol. The lowest BCUT2D eigenvalue weighted by molar-refractivity contribution is 0.113. The van der Waals surface area contributed by atoms with E-state index >= 15 is 0 Å². The van der Waals surface area contributed by atoms with Gasteiger partial charge in [0.05, 0.1) is 20.3 Å². The molecule has 1 aromatic carbocycles. The molecule has 0 radical (unpaired) electrons. The van der Waals surface area contributed by atoms with Crippen molar-refractivity contribution in [3.8, 4) is 11.5 Å². The molecule has 0 saturated carbocycles. The zero-order valence-electron chi connectivity index (χ0n) is 8.93. The third-order valence-corrected chi connectivity index (χ3v) is 2.54. The first-order chi connectivity index (χ1) is 7.26. The van der Waals surface area contributed by atoms with E-state index in [9.17, 15) is 0 Å². The summed E-state index contributed by atoms with van der Waals surface area (Å²) in [6.45, 7) is 0.699. The van der Waals surface area contributed by atoms with Gasteiger partial charge in [-0.05, 0) is 12.1 Å². The number of anilines is 1. The van der Waals surface area contributed by atoms with Crippen molar-refractivity contribution in [2.24, 2.45) is 0 Å². The first-order valence-corrected chi connectivity index (χ1v) is 4.92. The zero-order chi connectivity index (χ0) is 10.8. The van der Waals surface area contributed by atoms with Crippen molar-refractivity contribution >= 4 is 5.69 Å². The first kappa shape index (κ1) is 10.1. The normalized spacial score (nSPS) is 19.4. The van der Waals surface area contributed by atoms with Gasteiger partial charge in [0.1, 0.15) is 23.3 Å². The van der Waals surface area contributed by atoms with Crippen molar-refractivity contribution in [3.63, 3.8) is 0 Å². The molecule has 4 nitrogen and oxygen atoms in total. The number of nitrogens with zero attached hydrogens (tertiary/aromatic N) is 1. The minimum Gasteiger partial charge on any atom is -0.494 e. The zero-order valence-corrected chi connectivity index (χ0v) is 8.93. The number of aliphatic hydroxyl groups is 1. The molecule has 0 saturated heterocycles. The molecule has 1 aromatic rings. The van der Waals surface area contributed by atoms with Crippen molar-refractivity contribution in [2.45, 2.75) is 6.10 Å². The van der Waals surface area contributed by atoms with E-state index in [1.807, 2.05) is 30.1 Å². The summed E-state index contributed by atoms with van der Waals surface area (Å²) in [5.41, 5.74) is 0.949. The number of para-hydroxylation sites is 1. The third-order valence-electron chi connectivity index (χ3n) is 2.54. The molecule has 4 heteroatoms. The van der Waals surface area contributed by atoms with Gasteiger partial charge in [0.15, 0.2) is 0 Å². The van der Waals surface area contributed by atoms with Crippen LogP contribution in [-0.2, 0) is 0 Å². The molecular formula is C11H15NO3. The quantitative estimate of drug-likeness (QED) is 0.785. The predicted octanol–water partition coefficient (Wildman–Crippen LogP) is 0.885. The van der Waals surface area contributed by atoms with E-state index in [1.54, 1.807) is 7.11 Å². The maximum Gasteiger partial charge on any atom is 0.147 e. The highest BCUT2D eigenvalue weighted by atomic mass is 16.5. The second-order valence-electron chi connectivity index (χ2n) is 3.61. The Morgan fingerprint density at radius 1 is 1.60 bits per heavy atom. The second kappa shape index (κ2) is 3.98. The topological polar surface area (TPSA) is 41.9 Å². The Balaban J connectivity index is 2.40. The highest BCUT2D eigenvalue weighted by Gasteiger charge is 2.25. The van der Waals surface area contributed by atoms with Crippen LogP contribution in [0.1, 0.15) is 0 Å². The van der Waals surface area contributed by atoms with E-state index < -0.39 is 0 Å². The van der Waals surface area contributed by atoms with Crippen LogP contribution in [0.15, 0.2) is 18.2 Å². The summed E-state index contributed by atoms with van der Waals surface area (Å²) in [4.78, 5) is 2.04. The number of hydrogen-bond donors (Lipinski definition) is 1. The van der Waals surface area contributed by atoms with Crippen LogP contribution >= 0.6 is 0 Å². The molecule has 1 aliphatic rings. The number of aliphatic hydroxyl groups excluding tert-OH is 1. The third kappa shape index (κ3) is 1.72. The summed E-state index contributed by atoms with van der Waals surface area (Å²) in [6, 6.07) is 5.67. The van der Waals surface area contributed by atoms with E-state index in [0.717, 1.165) is 17.2 Å². The maximum atomic E-state index is 9.08. The number of ether oxygens (including phenoxy) is 2. The SMILES string of the molecule is COc1cccc2c1N(C)C[C@@H](CO)O2. The van der Waals surface area contributed by atoms with Crippen LogP contribution in [-0.4, -0.2) is 38.5 Å². The van der Waals surface area contributed by atoms with Gasteiger partial charge in [-0.2, -0.15) is 0 Å². The van der Waals surface area contributed by atoms with Gasteiger partial charge in [0.2, 0.25) is 0 Å². The average Bonchev–Trinajstić information content (AvgIpc) is 2.27. The smallest absolute Gasteiger partial charge is 0.147 e. The molecule has 0 aliphatic carbocycles. The molecule has 1 aliphatic heterocycles. The molecule has 0 bridgehead atoms. The van der Waals surface area contributed by atoms with E-state index in [1.165, 1.54) is 0 Å². The molecule has 0 unspecified atom stereocenters. The number of likely N-dealkylation sites (N-methyl/N-ethyl adjacent to an activating group) is 1. The largest absolute Gasteiger partial charge is 0.494 e. The molecule has 2 rings (SSSR count). The Labute approximate surface area is 89.0 Å². The fourth-order valence-corrected chi connectivity index (χ4v) is 1.85. The van der Waals surface area contributed by atoms with Gasteiger partial charge in [0, 0.05) is 7.05 Å². The summed E-state index contributed by atoms with van der Waals surface area (Å²) in [6.07, 6.45) is -0.158. The lowest BCUT2D eigenvalue weighted by Crippen LogP contribution is -2.39. The molecule has 0 amide bonds. The minimum absolute atomic E-state index is 0.0288. The Morgan fingerprint density at radius 2 is 2.40 bits per heavy atom. The molecule has 0 fully saturated rings. The van der Waals surface area contributed by atoms with Gasteiger partial charge in [-0.15, -0.1) is 0 Å². The molecule has 1 N–H and O–H groups in total. The van der Waals surface area contributed by atoms with Crippen molar-refractivity contribution < 1.29 is 14.6 Å². The lowest BCUT2D eigenvalue weighted by atomic mass is 10.2. The van der Waals surface area contributed by atoms with Gasteiger partial charge in [-0.3, -0.25) is 0 Å². The predicted molar refractivity (Wildman–Crippen MR) is 57.8 cm³/mol. The molecular weight excluding hydrogens is 194 g/mol. The lowest BCUT2D eigenvalue weighted by Gasteiger charge is -2.33. The highest BCUT2D eigenvalue weighted by Crippen LogP contribution is 2.40. The fraction of sp³-hybridized carbons (Fsp3) is 0.455. The van der Waals surface area contributed by atoms with Crippen LogP contribution < -0.4 is 14.4 Å². The summed E-state index contributed by atoms with van der Waals surface area (Å²) in [7, 11) is 3.61. The minimum atomic E-state index is -0.158. The van der Waals surface area contributed by atoms with E-state index in [4.69, 9.17) is 14.6 Å². The number of benzene rings is 1. The van der Waals surface area contributed by atoms with E-state index in [2.05, 4.69) is 0 Å². The molecule has 1 heterocycles. The van der Waals surface area contributed by atoms with Crippen molar-refractivity contribution in [3.05, 3.63) is 18.2 Å². The Kier molecular flexibility index (Phi) is 2.68. The Morgan fingerprint density at radius 3 is 3.07 bits per heavy atom. The Bertz CT molecular complexity index is 354. The molecule has 0 spiro atoms. The van der Waals surface area contributed by atoms with Gasteiger partial charge >= 0.3 is 0 Å². The van der Waals surface area contributed by atoms with Crippen LogP contribution in [0.3, 0.4) is 0 Å². The standard InChI is InChI=1S/C11H15NO3/c1-12-6-8(7-13)15-10-5-3-4-9(14-2)11(10)12/h3-5,8,13H,6-7H2,1-2H3/t8-/m0/s1. The van der Waals surface area contributed by atoms with Crippen LogP contribution in [0.4, 0.5) is 5.69 Å². The summed E-state index contributed by atoms with van der Waals surface area (Å²) < 4.78 is 10.9. The van der Waals surface area contributed by atoms with Gasteiger partial charge in [0.25, 0.3) is 0 Å². The summed E-state index contributed by atoms with van der Waals surface area (Å²) >= 11 is 0. The number of hydrogen-bond acceptors (Lipinski definition) is 4. The summed E-state index contributed by atoms with van der Waals surface area (Å²) in [5, 5.41) is 9.08. The number of rotatable bonds is 2. The van der Waals surface area contributed by atoms with Crippen LogP contribution in [0.2, 0.25) is 0 Å². The van der Waals surface area contributed by atoms with Gasteiger partial charge < -0.3 is 19.5 Å². The van der Waals surface area contributed by atoms with E-state index in [-0.39, 0.29) is 12.7 Å². The number of methoxy groups -OCH3 is 1. The van der Waals surface area contributed by atoms with Crippen LogP contribution in [0.25, 0.3) is 0 Å². The van der Waals surface area contributed by atoms with E-state index in [0.29, 0.717) is 6.54 Å². The molecule has 15 heavy (non-hydrogen) atoms. The second-order valence-corrected chi connectivity index (χ2v) is 3.61. The Hall–Kier alpha value is -1.42. The molecule has 0 aromatic heterocycles. The molecule has 1 atom stereocenters. The van der Waals surface area contributed by atoms with Gasteiger partial charge in [-0.25, -0.2) is 0 Å². The highest BCUT2D eigenvalue weighted by molar-refractivity contribution is 5.68. The van der Waals surface area contributed by atoms with Gasteiger partial charge in [-0.1, -0.05) is 6.07 Å².